The predicted molar refractivity (Wildman–Crippen MR) is 47.6 cm³/mol. The van der Waals surface area contributed by atoms with E-state index in [1.54, 1.807) is 0 Å². The van der Waals surface area contributed by atoms with Crippen molar-refractivity contribution >= 4 is 0 Å². The summed E-state index contributed by atoms with van der Waals surface area (Å²) in [5.74, 6) is 0. The van der Waals surface area contributed by atoms with Gasteiger partial charge in [-0.05, 0) is 24.0 Å². The van der Waals surface area contributed by atoms with Crippen LogP contribution in [0.1, 0.15) is 36.1 Å². The van der Waals surface area contributed by atoms with Gasteiger partial charge in [0.25, 0.3) is 0 Å². The molecule has 2 atom stereocenters. The van der Waals surface area contributed by atoms with E-state index in [9.17, 15) is 5.11 Å². The lowest BCUT2D eigenvalue weighted by molar-refractivity contribution is 0.151. The van der Waals surface area contributed by atoms with Crippen LogP contribution in [0.3, 0.4) is 0 Å². The molecule has 1 aliphatic carbocycles. The first kappa shape index (κ1) is 7.77. The highest BCUT2D eigenvalue weighted by molar-refractivity contribution is 5.33. The molecule has 0 fully saturated rings. The van der Waals surface area contributed by atoms with E-state index in [4.69, 9.17) is 5.73 Å². The molecule has 64 valence electrons. The fourth-order valence-corrected chi connectivity index (χ4v) is 1.80. The smallest absolute Gasteiger partial charge is 0.0794 e. The second kappa shape index (κ2) is 2.88. The zero-order chi connectivity index (χ0) is 8.55. The van der Waals surface area contributed by atoms with E-state index in [2.05, 4.69) is 0 Å². The van der Waals surface area contributed by atoms with Crippen molar-refractivity contribution < 1.29 is 5.11 Å². The molecule has 1 aromatic carbocycles. The van der Waals surface area contributed by atoms with E-state index in [-0.39, 0.29) is 12.1 Å². The summed E-state index contributed by atoms with van der Waals surface area (Å²) in [6.07, 6.45) is 1.37. The average Bonchev–Trinajstić information content (AvgIpc) is 2.12. The van der Waals surface area contributed by atoms with Gasteiger partial charge in [0.2, 0.25) is 0 Å². The summed E-state index contributed by atoms with van der Waals surface area (Å²) < 4.78 is 0. The number of fused-ring (bicyclic) bond motifs is 1. The Balaban J connectivity index is 2.47. The van der Waals surface area contributed by atoms with E-state index < -0.39 is 0 Å². The lowest BCUT2D eigenvalue weighted by atomic mass is 9.86. The molecule has 0 heterocycles. The maximum absolute atomic E-state index is 9.62. The molecular weight excluding hydrogens is 150 g/mol. The van der Waals surface area contributed by atoms with Gasteiger partial charge in [0.1, 0.15) is 0 Å². The number of nitrogens with two attached hydrogens (primary N) is 1. The maximum Gasteiger partial charge on any atom is 0.0794 e. The molecule has 0 aliphatic heterocycles. The number of hydrogen-bond acceptors (Lipinski definition) is 2. The van der Waals surface area contributed by atoms with Gasteiger partial charge >= 0.3 is 0 Å². The highest BCUT2D eigenvalue weighted by Crippen LogP contribution is 2.33. The maximum atomic E-state index is 9.62. The summed E-state index contributed by atoms with van der Waals surface area (Å²) in [5.41, 5.74) is 8.02. The first-order valence-corrected chi connectivity index (χ1v) is 4.31. The molecule has 0 unspecified atom stereocenters. The Hall–Kier alpha value is -0.860. The molecule has 0 bridgehead atoms. The molecule has 0 saturated carbocycles. The van der Waals surface area contributed by atoms with Crippen molar-refractivity contribution in [1.29, 1.82) is 0 Å². The SMILES string of the molecule is N[C@@H]1CC[C@H](O)c2ccccc21. The predicted octanol–water partition coefficient (Wildman–Crippen LogP) is 1.51. The van der Waals surface area contributed by atoms with Crippen LogP contribution in [0.15, 0.2) is 24.3 Å². The van der Waals surface area contributed by atoms with Gasteiger partial charge in [-0.25, -0.2) is 0 Å². The van der Waals surface area contributed by atoms with Gasteiger partial charge in [-0.2, -0.15) is 0 Å². The van der Waals surface area contributed by atoms with Gasteiger partial charge in [0.05, 0.1) is 6.10 Å². The van der Waals surface area contributed by atoms with Crippen LogP contribution in [0.2, 0.25) is 0 Å². The fourth-order valence-electron chi connectivity index (χ4n) is 1.80. The van der Waals surface area contributed by atoms with Crippen LogP contribution in [0.4, 0.5) is 0 Å². The Bertz CT molecular complexity index is 256. The lowest BCUT2D eigenvalue weighted by Gasteiger charge is -2.25. The molecule has 0 amide bonds. The van der Waals surface area contributed by atoms with Crippen LogP contribution in [-0.4, -0.2) is 5.11 Å². The van der Waals surface area contributed by atoms with E-state index in [0.29, 0.717) is 0 Å². The van der Waals surface area contributed by atoms with E-state index in [1.165, 1.54) is 0 Å². The molecule has 2 rings (SSSR count). The van der Waals surface area contributed by atoms with Gasteiger partial charge in [-0.1, -0.05) is 24.3 Å². The summed E-state index contributed by atoms with van der Waals surface area (Å²) >= 11 is 0. The van der Waals surface area contributed by atoms with Crippen LogP contribution in [0.5, 0.6) is 0 Å². The first-order chi connectivity index (χ1) is 5.79. The number of benzene rings is 1. The van der Waals surface area contributed by atoms with Crippen LogP contribution >= 0.6 is 0 Å². The first-order valence-electron chi connectivity index (χ1n) is 4.31. The standard InChI is InChI=1S/C10H13NO/c11-9-5-6-10(12)8-4-2-1-3-7(8)9/h1-4,9-10,12H,5-6,11H2/t9-,10+/m1/s1. The summed E-state index contributed by atoms with van der Waals surface area (Å²) in [6, 6.07) is 7.99. The monoisotopic (exact) mass is 163 g/mol. The van der Waals surface area contributed by atoms with Crippen molar-refractivity contribution in [2.75, 3.05) is 0 Å². The molecule has 3 N–H and O–H groups in total. The third-order valence-electron chi connectivity index (χ3n) is 2.51. The van der Waals surface area contributed by atoms with Gasteiger partial charge in [0.15, 0.2) is 0 Å². The van der Waals surface area contributed by atoms with Crippen molar-refractivity contribution in [2.24, 2.45) is 5.73 Å². The zero-order valence-corrected chi connectivity index (χ0v) is 6.90. The second-order valence-corrected chi connectivity index (χ2v) is 3.33. The third kappa shape index (κ3) is 1.13. The van der Waals surface area contributed by atoms with Gasteiger partial charge in [-0.15, -0.1) is 0 Å². The molecule has 0 aromatic heterocycles. The largest absolute Gasteiger partial charge is 0.388 e. The number of aliphatic hydroxyl groups excluding tert-OH is 1. The molecule has 2 heteroatoms. The quantitative estimate of drug-likeness (QED) is 0.609. The number of rotatable bonds is 0. The van der Waals surface area contributed by atoms with Crippen molar-refractivity contribution in [2.45, 2.75) is 25.0 Å². The van der Waals surface area contributed by atoms with E-state index in [1.807, 2.05) is 24.3 Å². The van der Waals surface area contributed by atoms with Crippen molar-refractivity contribution in [1.82, 2.24) is 0 Å². The van der Waals surface area contributed by atoms with Crippen LogP contribution in [0, 0.1) is 0 Å². The number of aliphatic hydroxyl groups is 1. The molecule has 1 aliphatic rings. The summed E-state index contributed by atoms with van der Waals surface area (Å²) in [4.78, 5) is 0. The molecule has 0 radical (unpaired) electrons. The highest BCUT2D eigenvalue weighted by atomic mass is 16.3. The number of hydrogen-bond donors (Lipinski definition) is 2. The minimum absolute atomic E-state index is 0.115. The third-order valence-corrected chi connectivity index (χ3v) is 2.51. The molecule has 2 nitrogen and oxygen atoms in total. The Labute approximate surface area is 72.0 Å². The zero-order valence-electron chi connectivity index (χ0n) is 6.90. The minimum atomic E-state index is -0.305. The minimum Gasteiger partial charge on any atom is -0.388 e. The lowest BCUT2D eigenvalue weighted by Crippen LogP contribution is -2.20. The average molecular weight is 163 g/mol. The molecule has 0 spiro atoms. The van der Waals surface area contributed by atoms with Gasteiger partial charge < -0.3 is 10.8 Å². The van der Waals surface area contributed by atoms with Crippen molar-refractivity contribution in [3.63, 3.8) is 0 Å². The van der Waals surface area contributed by atoms with Crippen LogP contribution < -0.4 is 5.73 Å². The summed E-state index contributed by atoms with van der Waals surface area (Å²) in [7, 11) is 0. The van der Waals surface area contributed by atoms with E-state index >= 15 is 0 Å². The van der Waals surface area contributed by atoms with Crippen molar-refractivity contribution in [3.8, 4) is 0 Å². The molecule has 0 saturated heterocycles. The molecule has 1 aromatic rings. The highest BCUT2D eigenvalue weighted by Gasteiger charge is 2.22. The van der Waals surface area contributed by atoms with E-state index in [0.717, 1.165) is 24.0 Å². The Morgan fingerprint density at radius 1 is 1.17 bits per heavy atom. The van der Waals surface area contributed by atoms with Crippen LogP contribution in [-0.2, 0) is 0 Å². The molecule has 12 heavy (non-hydrogen) atoms. The molecular formula is C10H13NO. The summed E-state index contributed by atoms with van der Waals surface area (Å²) in [6.45, 7) is 0. The Kier molecular flexibility index (Phi) is 1.87. The van der Waals surface area contributed by atoms with Gasteiger partial charge in [-0.3, -0.25) is 0 Å². The Morgan fingerprint density at radius 2 is 1.83 bits per heavy atom. The summed E-state index contributed by atoms with van der Waals surface area (Å²) in [5, 5.41) is 9.62. The normalized spacial score (nSPS) is 28.2. The van der Waals surface area contributed by atoms with Crippen molar-refractivity contribution in [3.05, 3.63) is 35.4 Å². The fraction of sp³-hybridized carbons (Fsp3) is 0.400. The second-order valence-electron chi connectivity index (χ2n) is 3.33. The van der Waals surface area contributed by atoms with Gasteiger partial charge in [0, 0.05) is 6.04 Å². The Morgan fingerprint density at radius 3 is 2.50 bits per heavy atom. The van der Waals surface area contributed by atoms with Crippen LogP contribution in [0.25, 0.3) is 0 Å². The topological polar surface area (TPSA) is 46.2 Å².